The molecule has 1 aromatic carbocycles. The molecule has 7 heteroatoms. The fourth-order valence-corrected chi connectivity index (χ4v) is 1.80. The SMILES string of the molecule is CC(C)CNCc1nnnn1-c1cccc(Cl)c1F. The van der Waals surface area contributed by atoms with Crippen LogP contribution in [0.3, 0.4) is 0 Å². The third-order valence-electron chi connectivity index (χ3n) is 2.53. The summed E-state index contributed by atoms with van der Waals surface area (Å²) < 4.78 is 15.3. The third kappa shape index (κ3) is 3.27. The maximum atomic E-state index is 13.9. The highest BCUT2D eigenvalue weighted by Crippen LogP contribution is 2.21. The van der Waals surface area contributed by atoms with Crippen LogP contribution in [0.15, 0.2) is 18.2 Å². The monoisotopic (exact) mass is 283 g/mol. The average Bonchev–Trinajstić information content (AvgIpc) is 2.80. The lowest BCUT2D eigenvalue weighted by molar-refractivity contribution is 0.534. The summed E-state index contributed by atoms with van der Waals surface area (Å²) >= 11 is 5.76. The molecule has 0 fully saturated rings. The fourth-order valence-electron chi connectivity index (χ4n) is 1.63. The molecular formula is C12H15ClFN5. The van der Waals surface area contributed by atoms with E-state index in [4.69, 9.17) is 11.6 Å². The minimum absolute atomic E-state index is 0.0501. The van der Waals surface area contributed by atoms with E-state index in [9.17, 15) is 4.39 Å². The number of nitrogens with one attached hydrogen (secondary N) is 1. The van der Waals surface area contributed by atoms with Crippen molar-refractivity contribution in [3.8, 4) is 5.69 Å². The second-order valence-corrected chi connectivity index (χ2v) is 5.01. The second-order valence-electron chi connectivity index (χ2n) is 4.60. The Morgan fingerprint density at radius 1 is 1.42 bits per heavy atom. The summed E-state index contributed by atoms with van der Waals surface area (Å²) in [4.78, 5) is 0. The standard InChI is InChI=1S/C12H15ClFN5/c1-8(2)6-15-7-11-16-17-18-19(11)10-5-3-4-9(13)12(10)14/h3-5,8,15H,6-7H2,1-2H3. The van der Waals surface area contributed by atoms with Gasteiger partial charge in [0.1, 0.15) is 5.69 Å². The largest absolute Gasteiger partial charge is 0.310 e. The van der Waals surface area contributed by atoms with Gasteiger partial charge < -0.3 is 5.32 Å². The van der Waals surface area contributed by atoms with E-state index in [2.05, 4.69) is 34.7 Å². The van der Waals surface area contributed by atoms with E-state index in [1.54, 1.807) is 12.1 Å². The van der Waals surface area contributed by atoms with Gasteiger partial charge in [0, 0.05) is 0 Å². The van der Waals surface area contributed by atoms with E-state index in [-0.39, 0.29) is 10.7 Å². The molecule has 0 saturated carbocycles. The van der Waals surface area contributed by atoms with Crippen LogP contribution in [-0.2, 0) is 6.54 Å². The van der Waals surface area contributed by atoms with E-state index < -0.39 is 5.82 Å². The predicted octanol–water partition coefficient (Wildman–Crippen LogP) is 2.20. The van der Waals surface area contributed by atoms with E-state index in [1.807, 2.05) is 0 Å². The number of halogens is 2. The van der Waals surface area contributed by atoms with Gasteiger partial charge in [-0.2, -0.15) is 4.68 Å². The smallest absolute Gasteiger partial charge is 0.170 e. The Hall–Kier alpha value is -1.53. The molecule has 0 unspecified atom stereocenters. The van der Waals surface area contributed by atoms with Crippen LogP contribution in [-0.4, -0.2) is 26.8 Å². The van der Waals surface area contributed by atoms with Gasteiger partial charge in [0.05, 0.1) is 11.6 Å². The minimum atomic E-state index is -0.526. The number of tetrazole rings is 1. The summed E-state index contributed by atoms with van der Waals surface area (Å²) in [5.41, 5.74) is 0.249. The molecule has 0 aliphatic carbocycles. The number of hydrogen-bond donors (Lipinski definition) is 1. The topological polar surface area (TPSA) is 55.6 Å². The molecule has 2 rings (SSSR count). The van der Waals surface area contributed by atoms with Crippen molar-refractivity contribution in [2.24, 2.45) is 5.92 Å². The fraction of sp³-hybridized carbons (Fsp3) is 0.417. The maximum Gasteiger partial charge on any atom is 0.170 e. The molecule has 0 spiro atoms. The summed E-state index contributed by atoms with van der Waals surface area (Å²) in [6, 6.07) is 4.73. The van der Waals surface area contributed by atoms with E-state index in [0.717, 1.165) is 6.54 Å². The Bertz CT molecular complexity index is 555. The highest BCUT2D eigenvalue weighted by Gasteiger charge is 2.14. The van der Waals surface area contributed by atoms with Crippen LogP contribution in [0.4, 0.5) is 4.39 Å². The van der Waals surface area contributed by atoms with Crippen molar-refractivity contribution in [3.05, 3.63) is 34.9 Å². The first-order chi connectivity index (χ1) is 9.09. The molecule has 1 N–H and O–H groups in total. The van der Waals surface area contributed by atoms with Crippen molar-refractivity contribution in [2.45, 2.75) is 20.4 Å². The second kappa shape index (κ2) is 6.08. The van der Waals surface area contributed by atoms with Crippen molar-refractivity contribution in [3.63, 3.8) is 0 Å². The van der Waals surface area contributed by atoms with Crippen LogP contribution in [0.2, 0.25) is 5.02 Å². The van der Waals surface area contributed by atoms with E-state index in [0.29, 0.717) is 18.3 Å². The molecule has 0 aliphatic rings. The van der Waals surface area contributed by atoms with Gasteiger partial charge in [0.25, 0.3) is 0 Å². The molecule has 1 heterocycles. The Labute approximate surface area is 115 Å². The van der Waals surface area contributed by atoms with Crippen molar-refractivity contribution in [1.82, 2.24) is 25.5 Å². The molecule has 0 saturated heterocycles. The summed E-state index contributed by atoms with van der Waals surface area (Å²) in [5.74, 6) is 0.538. The zero-order chi connectivity index (χ0) is 13.8. The molecule has 102 valence electrons. The van der Waals surface area contributed by atoms with Crippen molar-refractivity contribution in [2.75, 3.05) is 6.54 Å². The van der Waals surface area contributed by atoms with Gasteiger partial charge in [-0.15, -0.1) is 5.10 Å². The highest BCUT2D eigenvalue weighted by atomic mass is 35.5. The van der Waals surface area contributed by atoms with Crippen molar-refractivity contribution < 1.29 is 4.39 Å². The average molecular weight is 284 g/mol. The minimum Gasteiger partial charge on any atom is -0.310 e. The van der Waals surface area contributed by atoms with Gasteiger partial charge in [-0.05, 0) is 35.0 Å². The van der Waals surface area contributed by atoms with E-state index in [1.165, 1.54) is 10.7 Å². The van der Waals surface area contributed by atoms with Crippen LogP contribution in [0, 0.1) is 11.7 Å². The van der Waals surface area contributed by atoms with Crippen molar-refractivity contribution in [1.29, 1.82) is 0 Å². The quantitative estimate of drug-likeness (QED) is 0.914. The van der Waals surface area contributed by atoms with E-state index >= 15 is 0 Å². The zero-order valence-corrected chi connectivity index (χ0v) is 11.5. The van der Waals surface area contributed by atoms with Crippen molar-refractivity contribution >= 4 is 11.6 Å². The number of aromatic nitrogens is 4. The molecule has 2 aromatic rings. The molecule has 1 aromatic heterocycles. The van der Waals surface area contributed by atoms with Gasteiger partial charge in [-0.25, -0.2) is 4.39 Å². The lowest BCUT2D eigenvalue weighted by Gasteiger charge is -2.08. The van der Waals surface area contributed by atoms with Gasteiger partial charge in [0.15, 0.2) is 11.6 Å². The summed E-state index contributed by atoms with van der Waals surface area (Å²) in [5, 5.41) is 14.5. The van der Waals surface area contributed by atoms with Crippen LogP contribution in [0.1, 0.15) is 19.7 Å². The lowest BCUT2D eigenvalue weighted by Crippen LogP contribution is -2.21. The normalized spacial score (nSPS) is 11.2. The third-order valence-corrected chi connectivity index (χ3v) is 2.82. The molecular weight excluding hydrogens is 269 g/mol. The molecule has 0 atom stereocenters. The van der Waals surface area contributed by atoms with Crippen LogP contribution in [0.25, 0.3) is 5.69 Å². The lowest BCUT2D eigenvalue weighted by atomic mass is 10.2. The molecule has 0 radical (unpaired) electrons. The molecule has 0 bridgehead atoms. The van der Waals surface area contributed by atoms with Gasteiger partial charge in [-0.1, -0.05) is 31.5 Å². The predicted molar refractivity (Wildman–Crippen MR) is 70.7 cm³/mol. The number of benzene rings is 1. The number of nitrogens with zero attached hydrogens (tertiary/aromatic N) is 4. The van der Waals surface area contributed by atoms with Crippen LogP contribution in [0.5, 0.6) is 0 Å². The molecule has 19 heavy (non-hydrogen) atoms. The Morgan fingerprint density at radius 2 is 2.21 bits per heavy atom. The number of hydrogen-bond acceptors (Lipinski definition) is 4. The highest BCUT2D eigenvalue weighted by molar-refractivity contribution is 6.30. The molecule has 5 nitrogen and oxygen atoms in total. The first-order valence-corrected chi connectivity index (χ1v) is 6.39. The first kappa shape index (κ1) is 13.9. The maximum absolute atomic E-state index is 13.9. The van der Waals surface area contributed by atoms with Crippen LogP contribution >= 0.6 is 11.6 Å². The van der Waals surface area contributed by atoms with Gasteiger partial charge in [-0.3, -0.25) is 0 Å². The Morgan fingerprint density at radius 3 is 2.95 bits per heavy atom. The van der Waals surface area contributed by atoms with Crippen LogP contribution < -0.4 is 5.32 Å². The Balaban J connectivity index is 2.21. The summed E-state index contributed by atoms with van der Waals surface area (Å²) in [6.45, 7) is 5.52. The summed E-state index contributed by atoms with van der Waals surface area (Å²) in [6.07, 6.45) is 0. The Kier molecular flexibility index (Phi) is 4.44. The van der Waals surface area contributed by atoms with Gasteiger partial charge >= 0.3 is 0 Å². The summed E-state index contributed by atoms with van der Waals surface area (Å²) in [7, 11) is 0. The van der Waals surface area contributed by atoms with Gasteiger partial charge in [0.2, 0.25) is 0 Å². The number of rotatable bonds is 5. The first-order valence-electron chi connectivity index (χ1n) is 6.02. The molecule has 0 amide bonds. The molecule has 0 aliphatic heterocycles. The zero-order valence-electron chi connectivity index (χ0n) is 10.8.